The Labute approximate surface area is 105 Å². The van der Waals surface area contributed by atoms with Crippen molar-refractivity contribution in [1.82, 2.24) is 9.71 Å². The fourth-order valence-electron chi connectivity index (χ4n) is 1.13. The van der Waals surface area contributed by atoms with Crippen LogP contribution in [0.2, 0.25) is 5.15 Å². The van der Waals surface area contributed by atoms with Crippen LogP contribution in [-0.2, 0) is 14.8 Å². The van der Waals surface area contributed by atoms with Crippen molar-refractivity contribution in [3.05, 3.63) is 23.5 Å². The van der Waals surface area contributed by atoms with E-state index < -0.39 is 16.1 Å². The van der Waals surface area contributed by atoms with Gasteiger partial charge in [-0.2, -0.15) is 0 Å². The highest BCUT2D eigenvalue weighted by Crippen LogP contribution is 2.11. The van der Waals surface area contributed by atoms with Gasteiger partial charge in [0.25, 0.3) is 0 Å². The normalized spacial score (nSPS) is 13.6. The number of nitrogens with one attached hydrogen (secondary N) is 1. The first kappa shape index (κ1) is 14.3. The Hall–Kier alpha value is -0.730. The lowest BCUT2D eigenvalue weighted by Crippen LogP contribution is -2.40. The molecule has 1 aromatic heterocycles. The molecule has 1 rings (SSSR count). The molecule has 1 unspecified atom stereocenters. The van der Waals surface area contributed by atoms with E-state index >= 15 is 0 Å². The van der Waals surface area contributed by atoms with E-state index in [1.54, 1.807) is 0 Å². The predicted octanol–water partition coefficient (Wildman–Crippen LogP) is 0.0206. The Bertz CT molecular complexity index is 449. The topological polar surface area (TPSA) is 88.5 Å². The van der Waals surface area contributed by atoms with Crippen LogP contribution in [0.4, 0.5) is 0 Å². The second-order valence-corrected chi connectivity index (χ2v) is 5.37. The van der Waals surface area contributed by atoms with Gasteiger partial charge in [0, 0.05) is 13.3 Å². The lowest BCUT2D eigenvalue weighted by atomic mass is 10.4. The summed E-state index contributed by atoms with van der Waals surface area (Å²) in [7, 11) is -2.30. The molecule has 6 nitrogen and oxygen atoms in total. The number of rotatable bonds is 6. The minimum absolute atomic E-state index is 0.0172. The minimum Gasteiger partial charge on any atom is -0.395 e. The zero-order valence-electron chi connectivity index (χ0n) is 9.13. The smallest absolute Gasteiger partial charge is 0.242 e. The maximum Gasteiger partial charge on any atom is 0.242 e. The fraction of sp³-hybridized carbons (Fsp3) is 0.444. The van der Waals surface area contributed by atoms with Gasteiger partial charge < -0.3 is 9.84 Å². The molecule has 0 aliphatic heterocycles. The molecule has 0 amide bonds. The van der Waals surface area contributed by atoms with Gasteiger partial charge in [0.05, 0.1) is 19.3 Å². The number of pyridine rings is 1. The Morgan fingerprint density at radius 2 is 2.29 bits per heavy atom. The third kappa shape index (κ3) is 4.21. The van der Waals surface area contributed by atoms with Gasteiger partial charge in [0.1, 0.15) is 10.0 Å². The third-order valence-electron chi connectivity index (χ3n) is 1.92. The van der Waals surface area contributed by atoms with Crippen molar-refractivity contribution in [2.45, 2.75) is 10.9 Å². The highest BCUT2D eigenvalue weighted by atomic mass is 35.5. The molecule has 2 N–H and O–H groups in total. The summed E-state index contributed by atoms with van der Waals surface area (Å²) in [5, 5.41) is 9.18. The first-order valence-corrected chi connectivity index (χ1v) is 6.59. The Kier molecular flexibility index (Phi) is 5.29. The van der Waals surface area contributed by atoms with Crippen molar-refractivity contribution in [2.24, 2.45) is 0 Å². The molecule has 8 heteroatoms. The molecule has 0 spiro atoms. The number of halogens is 1. The minimum atomic E-state index is -3.72. The molecule has 1 aromatic rings. The van der Waals surface area contributed by atoms with Gasteiger partial charge in [-0.25, -0.2) is 18.1 Å². The van der Waals surface area contributed by atoms with Gasteiger partial charge in [-0.3, -0.25) is 0 Å². The SMILES string of the molecule is COCC(CO)NS(=O)(=O)c1ccc(Cl)nc1. The Morgan fingerprint density at radius 1 is 1.59 bits per heavy atom. The summed E-state index contributed by atoms with van der Waals surface area (Å²) >= 11 is 5.56. The van der Waals surface area contributed by atoms with Crippen LogP contribution in [0.3, 0.4) is 0 Å². The number of aliphatic hydroxyl groups is 1. The van der Waals surface area contributed by atoms with Gasteiger partial charge in [0.15, 0.2) is 0 Å². The molecule has 0 aliphatic rings. The molecule has 1 atom stereocenters. The number of aliphatic hydroxyl groups excluding tert-OH is 1. The molecule has 1 heterocycles. The summed E-state index contributed by atoms with van der Waals surface area (Å²) in [5.41, 5.74) is 0. The number of sulfonamides is 1. The van der Waals surface area contributed by atoms with Crippen molar-refractivity contribution < 1.29 is 18.3 Å². The van der Waals surface area contributed by atoms with Crippen LogP contribution < -0.4 is 4.72 Å². The third-order valence-corrected chi connectivity index (χ3v) is 3.65. The van der Waals surface area contributed by atoms with E-state index in [4.69, 9.17) is 21.4 Å². The molecular formula is C9H13ClN2O4S. The molecule has 0 saturated carbocycles. The zero-order valence-corrected chi connectivity index (χ0v) is 10.7. The van der Waals surface area contributed by atoms with Crippen LogP contribution in [0, 0.1) is 0 Å². The number of ether oxygens (including phenoxy) is 1. The van der Waals surface area contributed by atoms with Crippen molar-refractivity contribution in [2.75, 3.05) is 20.3 Å². The van der Waals surface area contributed by atoms with Crippen LogP contribution in [0.25, 0.3) is 0 Å². The fourth-order valence-corrected chi connectivity index (χ4v) is 2.40. The van der Waals surface area contributed by atoms with Crippen molar-refractivity contribution in [3.63, 3.8) is 0 Å². The molecule has 0 saturated heterocycles. The van der Waals surface area contributed by atoms with Gasteiger partial charge in [-0.15, -0.1) is 0 Å². The van der Waals surface area contributed by atoms with Gasteiger partial charge in [0.2, 0.25) is 10.0 Å². The summed E-state index contributed by atoms with van der Waals surface area (Å²) in [6.07, 6.45) is 1.14. The van der Waals surface area contributed by atoms with E-state index in [2.05, 4.69) is 9.71 Å². The van der Waals surface area contributed by atoms with Gasteiger partial charge in [-0.05, 0) is 12.1 Å². The summed E-state index contributed by atoms with van der Waals surface area (Å²) < 4.78 is 30.7. The predicted molar refractivity (Wildman–Crippen MR) is 62.3 cm³/mol. The molecular weight excluding hydrogens is 268 g/mol. The molecule has 0 radical (unpaired) electrons. The van der Waals surface area contributed by atoms with Gasteiger partial charge in [-0.1, -0.05) is 11.6 Å². The molecule has 17 heavy (non-hydrogen) atoms. The summed E-state index contributed by atoms with van der Waals surface area (Å²) in [5.74, 6) is 0. The molecule has 0 aromatic carbocycles. The van der Waals surface area contributed by atoms with Crippen LogP contribution in [0.15, 0.2) is 23.2 Å². The zero-order chi connectivity index (χ0) is 12.9. The number of hydrogen-bond acceptors (Lipinski definition) is 5. The van der Waals surface area contributed by atoms with E-state index in [9.17, 15) is 8.42 Å². The molecule has 96 valence electrons. The van der Waals surface area contributed by atoms with E-state index in [1.807, 2.05) is 0 Å². The molecule has 0 bridgehead atoms. The summed E-state index contributed by atoms with van der Waals surface area (Å²) in [6.45, 7) is -0.273. The highest BCUT2D eigenvalue weighted by molar-refractivity contribution is 7.89. The van der Waals surface area contributed by atoms with E-state index in [1.165, 1.54) is 19.2 Å². The first-order valence-electron chi connectivity index (χ1n) is 4.73. The largest absolute Gasteiger partial charge is 0.395 e. The second kappa shape index (κ2) is 6.27. The summed E-state index contributed by atoms with van der Waals surface area (Å²) in [6, 6.07) is 2.01. The maximum atomic E-state index is 11.8. The van der Waals surface area contributed by atoms with Gasteiger partial charge >= 0.3 is 0 Å². The van der Waals surface area contributed by atoms with Crippen LogP contribution in [0.5, 0.6) is 0 Å². The number of hydrogen-bond donors (Lipinski definition) is 2. The van der Waals surface area contributed by atoms with Crippen molar-refractivity contribution in [3.8, 4) is 0 Å². The molecule has 0 aliphatic carbocycles. The summed E-state index contributed by atoms with van der Waals surface area (Å²) in [4.78, 5) is 3.66. The van der Waals surface area contributed by atoms with E-state index in [0.717, 1.165) is 6.20 Å². The van der Waals surface area contributed by atoms with E-state index in [-0.39, 0.29) is 23.3 Å². The Morgan fingerprint density at radius 3 is 2.76 bits per heavy atom. The monoisotopic (exact) mass is 280 g/mol. The molecule has 0 fully saturated rings. The average molecular weight is 281 g/mol. The first-order chi connectivity index (χ1) is 7.99. The number of nitrogens with zero attached hydrogens (tertiary/aromatic N) is 1. The quantitative estimate of drug-likeness (QED) is 0.717. The van der Waals surface area contributed by atoms with E-state index in [0.29, 0.717) is 0 Å². The Balaban J connectivity index is 2.84. The van der Waals surface area contributed by atoms with Crippen LogP contribution in [-0.4, -0.2) is 44.9 Å². The van der Waals surface area contributed by atoms with Crippen LogP contribution >= 0.6 is 11.6 Å². The second-order valence-electron chi connectivity index (χ2n) is 3.27. The number of methoxy groups -OCH3 is 1. The number of aromatic nitrogens is 1. The van der Waals surface area contributed by atoms with Crippen molar-refractivity contribution >= 4 is 21.6 Å². The standard InChI is InChI=1S/C9H13ClN2O4S/c1-16-6-7(5-13)12-17(14,15)8-2-3-9(10)11-4-8/h2-4,7,12-13H,5-6H2,1H3. The highest BCUT2D eigenvalue weighted by Gasteiger charge is 2.19. The lowest BCUT2D eigenvalue weighted by molar-refractivity contribution is 0.139. The van der Waals surface area contributed by atoms with Crippen LogP contribution in [0.1, 0.15) is 0 Å². The average Bonchev–Trinajstić information content (AvgIpc) is 2.28. The lowest BCUT2D eigenvalue weighted by Gasteiger charge is -2.15. The maximum absolute atomic E-state index is 11.8. The van der Waals surface area contributed by atoms with Crippen molar-refractivity contribution in [1.29, 1.82) is 0 Å².